The molecule has 0 aliphatic carbocycles. The SMILES string of the molecule is CSCCC1(N)NCCCC1N. The molecule has 12 heavy (non-hydrogen) atoms. The quantitative estimate of drug-likeness (QED) is 0.589. The van der Waals surface area contributed by atoms with Gasteiger partial charge in [0.1, 0.15) is 0 Å². The van der Waals surface area contributed by atoms with Crippen molar-refractivity contribution in [3.63, 3.8) is 0 Å². The van der Waals surface area contributed by atoms with Gasteiger partial charge < -0.3 is 11.5 Å². The van der Waals surface area contributed by atoms with Crippen LogP contribution in [0, 0.1) is 0 Å². The summed E-state index contributed by atoms with van der Waals surface area (Å²) in [6.07, 6.45) is 5.27. The van der Waals surface area contributed by atoms with E-state index in [1.54, 1.807) is 0 Å². The normalized spacial score (nSPS) is 36.8. The minimum atomic E-state index is -0.304. The van der Waals surface area contributed by atoms with E-state index in [9.17, 15) is 0 Å². The van der Waals surface area contributed by atoms with Crippen LogP contribution in [-0.2, 0) is 0 Å². The van der Waals surface area contributed by atoms with Gasteiger partial charge in [-0.25, -0.2) is 0 Å². The molecule has 1 fully saturated rings. The minimum Gasteiger partial charge on any atom is -0.325 e. The number of nitrogens with one attached hydrogen (secondary N) is 1. The number of nitrogens with two attached hydrogens (primary N) is 2. The van der Waals surface area contributed by atoms with E-state index in [4.69, 9.17) is 11.5 Å². The molecular weight excluding hydrogens is 170 g/mol. The highest BCUT2D eigenvalue weighted by Crippen LogP contribution is 2.18. The first-order valence-electron chi connectivity index (χ1n) is 4.47. The smallest absolute Gasteiger partial charge is 0.0825 e. The molecule has 0 radical (unpaired) electrons. The maximum Gasteiger partial charge on any atom is 0.0825 e. The molecule has 1 aliphatic rings. The lowest BCUT2D eigenvalue weighted by Gasteiger charge is -2.40. The summed E-state index contributed by atoms with van der Waals surface area (Å²) in [6, 6.07) is 0.124. The van der Waals surface area contributed by atoms with Crippen LogP contribution in [0.25, 0.3) is 0 Å². The van der Waals surface area contributed by atoms with E-state index >= 15 is 0 Å². The molecule has 0 aromatic rings. The van der Waals surface area contributed by atoms with E-state index < -0.39 is 0 Å². The maximum atomic E-state index is 6.14. The third-order valence-electron chi connectivity index (χ3n) is 2.53. The van der Waals surface area contributed by atoms with Crippen molar-refractivity contribution in [1.82, 2.24) is 5.32 Å². The highest BCUT2D eigenvalue weighted by atomic mass is 32.2. The van der Waals surface area contributed by atoms with Crippen LogP contribution in [0.15, 0.2) is 0 Å². The van der Waals surface area contributed by atoms with E-state index in [0.717, 1.165) is 31.6 Å². The number of thioether (sulfide) groups is 1. The first kappa shape index (κ1) is 10.3. The number of piperidine rings is 1. The van der Waals surface area contributed by atoms with E-state index in [-0.39, 0.29) is 11.7 Å². The van der Waals surface area contributed by atoms with E-state index in [0.29, 0.717) is 0 Å². The zero-order valence-electron chi connectivity index (χ0n) is 7.68. The van der Waals surface area contributed by atoms with Gasteiger partial charge in [0.15, 0.2) is 0 Å². The Kier molecular flexibility index (Phi) is 3.83. The van der Waals surface area contributed by atoms with E-state index in [2.05, 4.69) is 11.6 Å². The molecule has 0 aromatic carbocycles. The Labute approximate surface area is 78.6 Å². The Morgan fingerprint density at radius 1 is 1.67 bits per heavy atom. The van der Waals surface area contributed by atoms with Gasteiger partial charge in [-0.3, -0.25) is 5.32 Å². The lowest BCUT2D eigenvalue weighted by molar-refractivity contribution is 0.217. The Morgan fingerprint density at radius 2 is 2.42 bits per heavy atom. The van der Waals surface area contributed by atoms with Gasteiger partial charge in [0.2, 0.25) is 0 Å². The largest absolute Gasteiger partial charge is 0.325 e. The first-order valence-corrected chi connectivity index (χ1v) is 5.87. The average Bonchev–Trinajstić information content (AvgIpc) is 2.07. The van der Waals surface area contributed by atoms with Crippen LogP contribution in [0.2, 0.25) is 0 Å². The van der Waals surface area contributed by atoms with Gasteiger partial charge in [-0.15, -0.1) is 0 Å². The number of rotatable bonds is 3. The first-order chi connectivity index (χ1) is 5.69. The summed E-state index contributed by atoms with van der Waals surface area (Å²) < 4.78 is 0. The van der Waals surface area contributed by atoms with Gasteiger partial charge in [0.25, 0.3) is 0 Å². The van der Waals surface area contributed by atoms with Crippen molar-refractivity contribution in [3.8, 4) is 0 Å². The summed E-state index contributed by atoms with van der Waals surface area (Å²) >= 11 is 1.82. The van der Waals surface area contributed by atoms with Crippen molar-refractivity contribution in [3.05, 3.63) is 0 Å². The molecule has 0 aromatic heterocycles. The molecule has 1 aliphatic heterocycles. The second-order valence-electron chi connectivity index (χ2n) is 3.46. The highest BCUT2D eigenvalue weighted by Gasteiger charge is 2.33. The molecule has 5 N–H and O–H groups in total. The van der Waals surface area contributed by atoms with Crippen LogP contribution >= 0.6 is 11.8 Å². The molecule has 0 spiro atoms. The molecule has 0 amide bonds. The van der Waals surface area contributed by atoms with Crippen LogP contribution in [-0.4, -0.2) is 30.3 Å². The van der Waals surface area contributed by atoms with Crippen molar-refractivity contribution in [2.75, 3.05) is 18.6 Å². The summed E-state index contributed by atoms with van der Waals surface area (Å²) in [5, 5.41) is 3.32. The monoisotopic (exact) mass is 189 g/mol. The maximum absolute atomic E-state index is 6.14. The summed E-state index contributed by atoms with van der Waals surface area (Å²) in [5.74, 6) is 1.08. The standard InChI is InChI=1S/C8H19N3S/c1-12-6-4-8(10)7(9)3-2-5-11-8/h7,11H,2-6,9-10H2,1H3. The topological polar surface area (TPSA) is 64.1 Å². The van der Waals surface area contributed by atoms with Crippen LogP contribution in [0.3, 0.4) is 0 Å². The summed E-state index contributed by atoms with van der Waals surface area (Å²) in [4.78, 5) is 0. The van der Waals surface area contributed by atoms with Gasteiger partial charge >= 0.3 is 0 Å². The number of hydrogen-bond acceptors (Lipinski definition) is 4. The second-order valence-corrected chi connectivity index (χ2v) is 4.44. The van der Waals surface area contributed by atoms with Crippen molar-refractivity contribution in [2.45, 2.75) is 31.0 Å². The minimum absolute atomic E-state index is 0.124. The predicted octanol–water partition coefficient (Wildman–Crippen LogP) is 0.105. The zero-order valence-corrected chi connectivity index (χ0v) is 8.49. The molecular formula is C8H19N3S. The van der Waals surface area contributed by atoms with Gasteiger partial charge in [-0.05, 0) is 37.8 Å². The summed E-state index contributed by atoms with van der Waals surface area (Å²) in [5.41, 5.74) is 11.8. The van der Waals surface area contributed by atoms with Gasteiger partial charge in [-0.1, -0.05) is 0 Å². The lowest BCUT2D eigenvalue weighted by Crippen LogP contribution is -2.67. The molecule has 1 saturated heterocycles. The Morgan fingerprint density at radius 3 is 3.00 bits per heavy atom. The van der Waals surface area contributed by atoms with E-state index in [1.807, 2.05) is 11.8 Å². The van der Waals surface area contributed by atoms with Crippen LogP contribution < -0.4 is 16.8 Å². The van der Waals surface area contributed by atoms with E-state index in [1.165, 1.54) is 0 Å². The predicted molar refractivity (Wildman–Crippen MR) is 55.1 cm³/mol. The Balaban J connectivity index is 2.42. The number of hydrogen-bond donors (Lipinski definition) is 3. The summed E-state index contributed by atoms with van der Waals surface area (Å²) in [6.45, 7) is 1.01. The lowest BCUT2D eigenvalue weighted by atomic mass is 9.91. The molecule has 2 unspecified atom stereocenters. The molecule has 2 atom stereocenters. The van der Waals surface area contributed by atoms with Crippen LogP contribution in [0.5, 0.6) is 0 Å². The fourth-order valence-electron chi connectivity index (χ4n) is 1.58. The second kappa shape index (κ2) is 4.46. The van der Waals surface area contributed by atoms with Crippen LogP contribution in [0.1, 0.15) is 19.3 Å². The Hall–Kier alpha value is 0.230. The highest BCUT2D eigenvalue weighted by molar-refractivity contribution is 7.98. The fraction of sp³-hybridized carbons (Fsp3) is 1.00. The molecule has 72 valence electrons. The zero-order chi connectivity index (χ0) is 9.03. The molecule has 4 heteroatoms. The summed E-state index contributed by atoms with van der Waals surface area (Å²) in [7, 11) is 0. The van der Waals surface area contributed by atoms with Crippen molar-refractivity contribution in [2.24, 2.45) is 11.5 Å². The van der Waals surface area contributed by atoms with Crippen molar-refractivity contribution in [1.29, 1.82) is 0 Å². The molecule has 0 bridgehead atoms. The van der Waals surface area contributed by atoms with Gasteiger partial charge in [0, 0.05) is 6.04 Å². The average molecular weight is 189 g/mol. The van der Waals surface area contributed by atoms with Crippen molar-refractivity contribution < 1.29 is 0 Å². The third-order valence-corrected chi connectivity index (χ3v) is 3.14. The van der Waals surface area contributed by atoms with Gasteiger partial charge in [-0.2, -0.15) is 11.8 Å². The third kappa shape index (κ3) is 2.36. The molecule has 1 heterocycles. The van der Waals surface area contributed by atoms with Crippen LogP contribution in [0.4, 0.5) is 0 Å². The molecule has 3 nitrogen and oxygen atoms in total. The Bertz CT molecular complexity index is 142. The fourth-order valence-corrected chi connectivity index (χ4v) is 2.12. The van der Waals surface area contributed by atoms with Gasteiger partial charge in [0.05, 0.1) is 5.66 Å². The molecule has 0 saturated carbocycles. The molecule has 1 rings (SSSR count). The van der Waals surface area contributed by atoms with Crippen molar-refractivity contribution >= 4 is 11.8 Å².